The first-order chi connectivity index (χ1) is 5.36. The van der Waals surface area contributed by atoms with E-state index in [1.807, 2.05) is 11.4 Å². The van der Waals surface area contributed by atoms with Gasteiger partial charge in [0, 0.05) is 40.2 Å². The number of halogens is 1. The third-order valence-corrected chi connectivity index (χ3v) is 2.44. The van der Waals surface area contributed by atoms with Crippen LogP contribution in [0.2, 0.25) is 0 Å². The molecule has 0 unspecified atom stereocenters. The van der Waals surface area contributed by atoms with Gasteiger partial charge < -0.3 is 4.52 Å². The summed E-state index contributed by atoms with van der Waals surface area (Å²) in [7, 11) is 0. The van der Waals surface area contributed by atoms with Gasteiger partial charge >= 0.3 is 0 Å². The number of hydrogen-bond acceptors (Lipinski definition) is 4. The number of aromatic nitrogens is 2. The second-order valence-corrected chi connectivity index (χ2v) is 3.81. The average Bonchev–Trinajstić information content (AvgIpc) is 2.55. The van der Waals surface area contributed by atoms with Crippen LogP contribution in [0.4, 0.5) is 0 Å². The molecule has 0 aliphatic carbocycles. The fourth-order valence-corrected chi connectivity index (χ4v) is 1.69. The highest BCUT2D eigenvalue weighted by Gasteiger charge is 2.05. The Morgan fingerprint density at radius 1 is 1.55 bits per heavy atom. The lowest BCUT2D eigenvalue weighted by Gasteiger charge is -1.80. The molecule has 0 aliphatic heterocycles. The largest absolute Gasteiger partial charge is 0.350 e. The smallest absolute Gasteiger partial charge is 0.197 e. The Kier molecular flexibility index (Phi) is 1.91. The molecule has 11 heavy (non-hydrogen) atoms. The monoisotopic (exact) mass is 278 g/mol. The lowest BCUT2D eigenvalue weighted by atomic mass is 10.5. The fourth-order valence-electron chi connectivity index (χ4n) is 0.704. The zero-order valence-corrected chi connectivity index (χ0v) is 8.29. The molecule has 56 valence electrons. The van der Waals surface area contributed by atoms with Crippen molar-refractivity contribution in [1.29, 1.82) is 0 Å². The molecule has 0 aliphatic rings. The minimum absolute atomic E-state index is 0.785. The Morgan fingerprint density at radius 3 is 3.00 bits per heavy atom. The van der Waals surface area contributed by atoms with E-state index in [9.17, 15) is 0 Å². The second-order valence-electron chi connectivity index (χ2n) is 1.85. The van der Waals surface area contributed by atoms with Crippen molar-refractivity contribution in [3.8, 4) is 10.7 Å². The van der Waals surface area contributed by atoms with E-state index in [2.05, 4.69) is 32.7 Å². The molecule has 0 spiro atoms. The third-order valence-electron chi connectivity index (χ3n) is 1.13. The van der Waals surface area contributed by atoms with Crippen molar-refractivity contribution in [2.75, 3.05) is 0 Å². The standard InChI is InChI=1S/C6H3IN2OS/c7-5-3-4(9-10-5)6-8-1-2-11-6/h1-3H. The van der Waals surface area contributed by atoms with Crippen molar-refractivity contribution < 1.29 is 4.52 Å². The summed E-state index contributed by atoms with van der Waals surface area (Å²) in [6, 6.07) is 1.86. The Balaban J connectivity index is 2.45. The SMILES string of the molecule is Ic1cc(-c2nccs2)no1. The summed E-state index contributed by atoms with van der Waals surface area (Å²) in [6.45, 7) is 0. The first-order valence-electron chi connectivity index (χ1n) is 2.88. The van der Waals surface area contributed by atoms with Crippen molar-refractivity contribution >= 4 is 33.9 Å². The van der Waals surface area contributed by atoms with Gasteiger partial charge in [0.1, 0.15) is 10.7 Å². The van der Waals surface area contributed by atoms with Crippen LogP contribution in [-0.4, -0.2) is 10.1 Å². The molecule has 0 radical (unpaired) electrons. The molecule has 0 saturated carbocycles. The molecule has 5 heteroatoms. The zero-order chi connectivity index (χ0) is 7.68. The molecule has 2 aromatic heterocycles. The van der Waals surface area contributed by atoms with E-state index in [4.69, 9.17) is 4.52 Å². The van der Waals surface area contributed by atoms with Crippen molar-refractivity contribution in [1.82, 2.24) is 10.1 Å². The van der Waals surface area contributed by atoms with Crippen molar-refractivity contribution in [2.24, 2.45) is 0 Å². The zero-order valence-electron chi connectivity index (χ0n) is 5.32. The summed E-state index contributed by atoms with van der Waals surface area (Å²) < 4.78 is 5.68. The van der Waals surface area contributed by atoms with E-state index in [1.54, 1.807) is 17.5 Å². The number of hydrogen-bond donors (Lipinski definition) is 0. The number of thiazole rings is 1. The summed E-state index contributed by atoms with van der Waals surface area (Å²) in [5, 5.41) is 6.64. The first kappa shape index (κ1) is 7.23. The van der Waals surface area contributed by atoms with Crippen molar-refractivity contribution in [2.45, 2.75) is 0 Å². The third kappa shape index (κ3) is 1.43. The van der Waals surface area contributed by atoms with Crippen LogP contribution in [0.3, 0.4) is 0 Å². The predicted octanol–water partition coefficient (Wildman–Crippen LogP) is 2.40. The quantitative estimate of drug-likeness (QED) is 0.752. The van der Waals surface area contributed by atoms with Crippen LogP contribution in [0.1, 0.15) is 0 Å². The van der Waals surface area contributed by atoms with Crippen LogP contribution in [0.15, 0.2) is 22.2 Å². The predicted molar refractivity (Wildman–Crippen MR) is 50.3 cm³/mol. The van der Waals surface area contributed by atoms with E-state index < -0.39 is 0 Å². The fraction of sp³-hybridized carbons (Fsp3) is 0. The number of rotatable bonds is 1. The highest BCUT2D eigenvalue weighted by Crippen LogP contribution is 2.21. The van der Waals surface area contributed by atoms with Gasteiger partial charge in [0.05, 0.1) is 0 Å². The molecule has 2 heterocycles. The maximum atomic E-state index is 4.89. The van der Waals surface area contributed by atoms with Gasteiger partial charge in [0.2, 0.25) is 0 Å². The minimum Gasteiger partial charge on any atom is -0.350 e. The molecule has 0 amide bonds. The maximum Gasteiger partial charge on any atom is 0.197 e. The molecule has 0 atom stereocenters. The Hall–Kier alpha value is -0.430. The summed E-state index contributed by atoms with van der Waals surface area (Å²) in [6.07, 6.45) is 1.75. The Labute approximate surface area is 80.6 Å². The van der Waals surface area contributed by atoms with Gasteiger partial charge in [-0.3, -0.25) is 0 Å². The molecular weight excluding hydrogens is 275 g/mol. The molecule has 0 aromatic carbocycles. The summed E-state index contributed by atoms with van der Waals surface area (Å²) in [4.78, 5) is 4.09. The Morgan fingerprint density at radius 2 is 2.45 bits per heavy atom. The van der Waals surface area contributed by atoms with Gasteiger partial charge in [0.25, 0.3) is 0 Å². The summed E-state index contributed by atoms with van der Waals surface area (Å²) >= 11 is 3.63. The molecule has 2 rings (SSSR count). The van der Waals surface area contributed by atoms with Crippen LogP contribution < -0.4 is 0 Å². The highest BCUT2D eigenvalue weighted by molar-refractivity contribution is 14.1. The van der Waals surface area contributed by atoms with E-state index in [0.717, 1.165) is 14.5 Å². The topological polar surface area (TPSA) is 38.9 Å². The Bertz CT molecular complexity index is 343. The van der Waals surface area contributed by atoms with Crippen molar-refractivity contribution in [3.63, 3.8) is 0 Å². The van der Waals surface area contributed by atoms with Crippen LogP contribution in [-0.2, 0) is 0 Å². The van der Waals surface area contributed by atoms with E-state index >= 15 is 0 Å². The lowest BCUT2D eigenvalue weighted by Crippen LogP contribution is -1.71. The second kappa shape index (κ2) is 2.90. The maximum absolute atomic E-state index is 4.89. The number of nitrogens with zero attached hydrogens (tertiary/aromatic N) is 2. The summed E-state index contributed by atoms with van der Waals surface area (Å²) in [5.41, 5.74) is 0.810. The van der Waals surface area contributed by atoms with Gasteiger partial charge in [-0.1, -0.05) is 5.16 Å². The van der Waals surface area contributed by atoms with Gasteiger partial charge in [-0.05, 0) is 0 Å². The van der Waals surface area contributed by atoms with Crippen LogP contribution in [0.5, 0.6) is 0 Å². The molecule has 0 fully saturated rings. The molecular formula is C6H3IN2OS. The van der Waals surface area contributed by atoms with Crippen LogP contribution in [0.25, 0.3) is 10.7 Å². The van der Waals surface area contributed by atoms with E-state index in [1.165, 1.54) is 0 Å². The first-order valence-corrected chi connectivity index (χ1v) is 4.84. The van der Waals surface area contributed by atoms with Crippen LogP contribution >= 0.6 is 33.9 Å². The van der Waals surface area contributed by atoms with Gasteiger partial charge in [-0.2, -0.15) is 0 Å². The molecule has 3 nitrogen and oxygen atoms in total. The normalized spacial score (nSPS) is 10.3. The molecule has 0 saturated heterocycles. The van der Waals surface area contributed by atoms with Gasteiger partial charge in [-0.25, -0.2) is 4.98 Å². The molecule has 2 aromatic rings. The average molecular weight is 278 g/mol. The molecule has 0 bridgehead atoms. The van der Waals surface area contributed by atoms with Crippen molar-refractivity contribution in [3.05, 3.63) is 21.4 Å². The minimum atomic E-state index is 0.785. The summed E-state index contributed by atoms with van der Waals surface area (Å²) in [5.74, 6) is 0. The van der Waals surface area contributed by atoms with Gasteiger partial charge in [-0.15, -0.1) is 11.3 Å². The highest BCUT2D eigenvalue weighted by atomic mass is 127. The van der Waals surface area contributed by atoms with Gasteiger partial charge in [0.15, 0.2) is 3.77 Å². The molecule has 0 N–H and O–H groups in total. The van der Waals surface area contributed by atoms with Crippen LogP contribution in [0, 0.1) is 3.77 Å². The lowest BCUT2D eigenvalue weighted by molar-refractivity contribution is 0.400. The van der Waals surface area contributed by atoms with E-state index in [-0.39, 0.29) is 0 Å². The van der Waals surface area contributed by atoms with E-state index in [0.29, 0.717) is 0 Å².